The zero-order valence-corrected chi connectivity index (χ0v) is 22.4. The number of nitrogens with zero attached hydrogens (tertiary/aromatic N) is 1. The van der Waals surface area contributed by atoms with Crippen molar-refractivity contribution in [2.75, 3.05) is 6.54 Å². The third-order valence-electron chi connectivity index (χ3n) is 12.6. The van der Waals surface area contributed by atoms with Crippen molar-refractivity contribution in [3.05, 3.63) is 0 Å². The van der Waals surface area contributed by atoms with E-state index < -0.39 is 33.3 Å². The van der Waals surface area contributed by atoms with Crippen molar-refractivity contribution in [3.8, 4) is 0 Å². The molecular weight excluding hydrogens is 458 g/mol. The summed E-state index contributed by atoms with van der Waals surface area (Å²) in [5.41, 5.74) is -3.95. The van der Waals surface area contributed by atoms with Crippen molar-refractivity contribution in [1.82, 2.24) is 4.90 Å². The van der Waals surface area contributed by atoms with Gasteiger partial charge in [0.2, 0.25) is 0 Å². The van der Waals surface area contributed by atoms with Gasteiger partial charge < -0.3 is 14.6 Å². The molecule has 4 saturated heterocycles. The minimum Gasteiger partial charge on any atom is -0.443 e. The van der Waals surface area contributed by atoms with Crippen molar-refractivity contribution in [2.45, 2.75) is 116 Å². The summed E-state index contributed by atoms with van der Waals surface area (Å²) in [6.45, 7) is 11.4. The Morgan fingerprint density at radius 3 is 2.50 bits per heavy atom. The van der Waals surface area contributed by atoms with Gasteiger partial charge in [-0.25, -0.2) is 4.90 Å². The van der Waals surface area contributed by atoms with E-state index in [9.17, 15) is 19.5 Å². The largest absolute Gasteiger partial charge is 0.443 e. The number of aliphatic hydroxyl groups is 1. The summed E-state index contributed by atoms with van der Waals surface area (Å²) in [6, 6.07) is 0. The molecular formula is C29H41NO6. The number of esters is 1. The van der Waals surface area contributed by atoms with Crippen LogP contribution in [0.5, 0.6) is 0 Å². The quantitative estimate of drug-likeness (QED) is 0.509. The summed E-state index contributed by atoms with van der Waals surface area (Å²) in [6.07, 6.45) is 5.38. The fourth-order valence-corrected chi connectivity index (χ4v) is 11.3. The van der Waals surface area contributed by atoms with Crippen LogP contribution in [0.15, 0.2) is 0 Å². The van der Waals surface area contributed by atoms with Gasteiger partial charge in [0, 0.05) is 43.1 Å². The average Bonchev–Trinajstić information content (AvgIpc) is 3.01. The normalized spacial score (nSPS) is 59.9. The Kier molecular flexibility index (Phi) is 4.38. The summed E-state index contributed by atoms with van der Waals surface area (Å²) >= 11 is 0. The summed E-state index contributed by atoms with van der Waals surface area (Å²) in [4.78, 5) is 43.2. The molecule has 0 aromatic carbocycles. The van der Waals surface area contributed by atoms with Crippen LogP contribution in [0, 0.1) is 39.9 Å². The Bertz CT molecular complexity index is 1090. The molecule has 0 radical (unpaired) electrons. The minimum absolute atomic E-state index is 0.0109. The van der Waals surface area contributed by atoms with Gasteiger partial charge in [0.1, 0.15) is 17.3 Å². The Hall–Kier alpha value is -1.31. The fraction of sp³-hybridized carbons (Fsp3) is 0.897. The zero-order chi connectivity index (χ0) is 25.7. The first kappa shape index (κ1) is 23.8. The summed E-state index contributed by atoms with van der Waals surface area (Å²) in [5, 5.41) is 11.1. The fourth-order valence-electron chi connectivity index (χ4n) is 11.3. The van der Waals surface area contributed by atoms with Crippen molar-refractivity contribution in [3.63, 3.8) is 0 Å². The van der Waals surface area contributed by atoms with Crippen LogP contribution < -0.4 is 0 Å². The molecule has 198 valence electrons. The number of hydrogen-bond donors (Lipinski definition) is 1. The number of ketones is 2. The maximum Gasteiger partial charge on any atom is 0.308 e. The molecule has 4 heterocycles. The third-order valence-corrected chi connectivity index (χ3v) is 12.6. The SMILES string of the molecule is C[C@H]1C[C@@H]2CN3C(CC[C@@]4(C)[C@@]5(C)CC(=O)O[C@@]34C[C@@]3(C)[C@@H]4C[C@@](C)(O)CC(=O)[C@H]4CC(=O)[C@@H]35)(C1)O2. The lowest BCUT2D eigenvalue weighted by Crippen LogP contribution is -2.82. The molecule has 3 aliphatic carbocycles. The highest BCUT2D eigenvalue weighted by molar-refractivity contribution is 5.93. The van der Waals surface area contributed by atoms with E-state index in [-0.39, 0.29) is 60.7 Å². The second-order valence-corrected chi connectivity index (χ2v) is 14.9. The lowest BCUT2D eigenvalue weighted by molar-refractivity contribution is -0.380. The molecule has 1 N–H and O–H groups in total. The number of ether oxygens (including phenoxy) is 2. The molecule has 7 nitrogen and oxygen atoms in total. The minimum atomic E-state index is -1.08. The lowest BCUT2D eigenvalue weighted by atomic mass is 9.33. The van der Waals surface area contributed by atoms with E-state index in [0.29, 0.717) is 18.8 Å². The van der Waals surface area contributed by atoms with Gasteiger partial charge in [-0.05, 0) is 61.7 Å². The second-order valence-electron chi connectivity index (χ2n) is 14.9. The molecule has 7 fully saturated rings. The van der Waals surface area contributed by atoms with E-state index in [1.165, 1.54) is 0 Å². The van der Waals surface area contributed by atoms with Gasteiger partial charge in [-0.3, -0.25) is 14.4 Å². The van der Waals surface area contributed by atoms with E-state index in [2.05, 4.69) is 32.6 Å². The standard InChI is InChI=1S/C29H41NO6/c1-16-8-17-14-30-28(10-16,35-17)7-6-27(5)26(4)13-22(33)36-29(27,30)15-25(3)19-11-24(2,34)12-21(32)18(19)9-20(31)23(25)26/h16-19,23,34H,6-15H2,1-5H3/t16-,17+,18-,19+,23-,24+,25-,26-,27-,28?,29+/m0/s1. The molecule has 7 aliphatic rings. The maximum atomic E-state index is 14.1. The van der Waals surface area contributed by atoms with Gasteiger partial charge in [-0.15, -0.1) is 0 Å². The van der Waals surface area contributed by atoms with Crippen molar-refractivity contribution < 1.29 is 29.0 Å². The van der Waals surface area contributed by atoms with Crippen molar-refractivity contribution >= 4 is 17.5 Å². The first-order chi connectivity index (χ1) is 16.7. The number of piperidine rings is 1. The average molecular weight is 500 g/mol. The molecule has 0 amide bonds. The number of fused-ring (bicyclic) bond motifs is 5. The molecule has 4 aliphatic heterocycles. The Balaban J connectivity index is 1.44. The molecule has 0 aromatic heterocycles. The van der Waals surface area contributed by atoms with Crippen LogP contribution in [0.4, 0.5) is 0 Å². The topological polar surface area (TPSA) is 93.1 Å². The van der Waals surface area contributed by atoms with Gasteiger partial charge >= 0.3 is 5.97 Å². The molecule has 1 unspecified atom stereocenters. The van der Waals surface area contributed by atoms with E-state index in [1.54, 1.807) is 6.92 Å². The number of carbonyl (C=O) groups excluding carboxylic acids is 3. The third kappa shape index (κ3) is 2.54. The van der Waals surface area contributed by atoms with Crippen LogP contribution in [0.2, 0.25) is 0 Å². The predicted molar refractivity (Wildman–Crippen MR) is 129 cm³/mol. The number of carbonyl (C=O) groups is 3. The number of hydrogen-bond acceptors (Lipinski definition) is 7. The van der Waals surface area contributed by atoms with E-state index >= 15 is 0 Å². The van der Waals surface area contributed by atoms with Crippen molar-refractivity contribution in [2.24, 2.45) is 39.9 Å². The highest BCUT2D eigenvalue weighted by atomic mass is 16.6. The number of Topliss-reactive ketones (excluding diaryl/α,β-unsaturated/α-hetero) is 2. The Labute approximate surface area is 213 Å². The second kappa shape index (κ2) is 6.63. The van der Waals surface area contributed by atoms with Gasteiger partial charge in [0.25, 0.3) is 0 Å². The van der Waals surface area contributed by atoms with Crippen LogP contribution in [-0.4, -0.2) is 57.2 Å². The summed E-state index contributed by atoms with van der Waals surface area (Å²) in [5.74, 6) is -0.346. The monoisotopic (exact) mass is 499 g/mol. The lowest BCUT2D eigenvalue weighted by Gasteiger charge is -2.76. The van der Waals surface area contributed by atoms with Gasteiger partial charge in [0.05, 0.1) is 18.1 Å². The van der Waals surface area contributed by atoms with E-state index in [1.807, 2.05) is 0 Å². The summed E-state index contributed by atoms with van der Waals surface area (Å²) in [7, 11) is 0. The highest BCUT2D eigenvalue weighted by Crippen LogP contribution is 2.77. The van der Waals surface area contributed by atoms with Gasteiger partial charge in [-0.2, -0.15) is 0 Å². The van der Waals surface area contributed by atoms with Crippen LogP contribution >= 0.6 is 0 Å². The van der Waals surface area contributed by atoms with E-state index in [4.69, 9.17) is 9.47 Å². The highest BCUT2D eigenvalue weighted by Gasteiger charge is 2.82. The predicted octanol–water partition coefficient (Wildman–Crippen LogP) is 3.61. The molecule has 36 heavy (non-hydrogen) atoms. The molecule has 0 aromatic rings. The zero-order valence-electron chi connectivity index (χ0n) is 22.4. The molecule has 4 bridgehead atoms. The first-order valence-electron chi connectivity index (χ1n) is 14.1. The van der Waals surface area contributed by atoms with Gasteiger partial charge in [-0.1, -0.05) is 27.7 Å². The Morgan fingerprint density at radius 1 is 1.00 bits per heavy atom. The molecule has 11 atom stereocenters. The first-order valence-corrected chi connectivity index (χ1v) is 14.1. The van der Waals surface area contributed by atoms with Crippen LogP contribution in [0.25, 0.3) is 0 Å². The van der Waals surface area contributed by atoms with Crippen LogP contribution in [0.3, 0.4) is 0 Å². The van der Waals surface area contributed by atoms with Crippen LogP contribution in [0.1, 0.15) is 92.4 Å². The van der Waals surface area contributed by atoms with Gasteiger partial charge in [0.15, 0.2) is 5.72 Å². The summed E-state index contributed by atoms with van der Waals surface area (Å²) < 4.78 is 13.4. The molecule has 3 saturated carbocycles. The molecule has 7 rings (SSSR count). The Morgan fingerprint density at radius 2 is 1.75 bits per heavy atom. The maximum absolute atomic E-state index is 14.1. The molecule has 1 spiro atoms. The van der Waals surface area contributed by atoms with Crippen LogP contribution in [-0.2, 0) is 23.9 Å². The molecule has 7 heteroatoms. The van der Waals surface area contributed by atoms with E-state index in [0.717, 1.165) is 32.2 Å². The number of rotatable bonds is 0. The smallest absolute Gasteiger partial charge is 0.308 e. The van der Waals surface area contributed by atoms with Crippen molar-refractivity contribution in [1.29, 1.82) is 0 Å².